The number of rotatable bonds is 4. The summed E-state index contributed by atoms with van der Waals surface area (Å²) in [5, 5.41) is 10.9. The van der Waals surface area contributed by atoms with Gasteiger partial charge < -0.3 is 16.2 Å². The van der Waals surface area contributed by atoms with Gasteiger partial charge >= 0.3 is 5.97 Å². The number of carboxylic acid groups (broad SMARTS) is 1. The molecule has 5 heteroatoms. The molecule has 0 amide bonds. The second-order valence-corrected chi connectivity index (χ2v) is 1.92. The van der Waals surface area contributed by atoms with Gasteiger partial charge in [0.05, 0.1) is 1.37 Å². The Bertz CT molecular complexity index is 170. The molecule has 0 heterocycles. The van der Waals surface area contributed by atoms with Gasteiger partial charge in [0.15, 0.2) is 0 Å². The Kier molecular flexibility index (Phi) is 3.62. The number of carbonyl (C=O) groups is 1. The highest BCUT2D eigenvalue weighted by Gasteiger charge is 2.11. The fraction of sp³-hybridized carbons (Fsp3) is 0.400. The van der Waals surface area contributed by atoms with Crippen molar-refractivity contribution in [3.05, 3.63) is 12.4 Å². The quantitative estimate of drug-likeness (QED) is 0.417. The Hall–Kier alpha value is -0.840. The van der Waals surface area contributed by atoms with Gasteiger partial charge in [-0.15, -0.1) is 0 Å². The fourth-order valence-corrected chi connectivity index (χ4v) is 0.612. The Labute approximate surface area is 65.9 Å². The van der Waals surface area contributed by atoms with Crippen molar-refractivity contribution >= 4 is 18.6 Å². The molecule has 4 nitrogen and oxygen atoms in total. The molecule has 0 aromatic carbocycles. The maximum Gasteiger partial charge on any atom is 0.326 e. The summed E-state index contributed by atoms with van der Waals surface area (Å²) >= 11 is 3.78. The molecule has 0 aromatic heterocycles. The number of aliphatic carboxylic acids is 1. The van der Waals surface area contributed by atoms with E-state index in [0.717, 1.165) is 6.20 Å². The summed E-state index contributed by atoms with van der Waals surface area (Å²) in [4.78, 5) is 10.3. The average molecular weight is 163 g/mol. The summed E-state index contributed by atoms with van der Waals surface area (Å²) in [5.41, 5.74) is 4.94. The van der Waals surface area contributed by atoms with Gasteiger partial charge in [0.1, 0.15) is 6.04 Å². The van der Waals surface area contributed by atoms with Crippen LogP contribution < -0.4 is 11.1 Å². The van der Waals surface area contributed by atoms with Crippen molar-refractivity contribution < 1.29 is 11.3 Å². The standard InChI is InChI=1S/C5H10N2O2S/c6-1-2-7-4(3-10)5(8)9/h1-2,4,7,10H,3,6H2,(H,8,9)/t4-/m1/s1/i1D. The minimum atomic E-state index is -1.02. The largest absolute Gasteiger partial charge is 0.480 e. The molecule has 4 N–H and O–H groups in total. The van der Waals surface area contributed by atoms with Crippen molar-refractivity contribution in [2.24, 2.45) is 5.73 Å². The van der Waals surface area contributed by atoms with Gasteiger partial charge in [-0.05, 0) is 0 Å². The molecule has 0 fully saturated rings. The summed E-state index contributed by atoms with van der Waals surface area (Å²) in [6.07, 6.45) is 0.910. The van der Waals surface area contributed by atoms with Crippen molar-refractivity contribution in [1.29, 1.82) is 0 Å². The van der Waals surface area contributed by atoms with Gasteiger partial charge in [-0.25, -0.2) is 4.79 Å². The normalized spacial score (nSPS) is 15.7. The van der Waals surface area contributed by atoms with Crippen LogP contribution in [0.15, 0.2) is 12.4 Å². The van der Waals surface area contributed by atoms with Crippen LogP contribution in [0.2, 0.25) is 0 Å². The third-order valence-corrected chi connectivity index (χ3v) is 1.21. The molecule has 0 unspecified atom stereocenters. The maximum atomic E-state index is 10.3. The van der Waals surface area contributed by atoms with Crippen molar-refractivity contribution in [3.8, 4) is 0 Å². The van der Waals surface area contributed by atoms with E-state index >= 15 is 0 Å². The molecule has 0 rings (SSSR count). The van der Waals surface area contributed by atoms with Crippen molar-refractivity contribution in [3.63, 3.8) is 0 Å². The molecule has 0 saturated carbocycles. The van der Waals surface area contributed by atoms with Crippen LogP contribution in [0.1, 0.15) is 1.37 Å². The predicted octanol–water partition coefficient (Wildman–Crippen LogP) is -0.611. The summed E-state index contributed by atoms with van der Waals surface area (Å²) in [6, 6.07) is -0.790. The van der Waals surface area contributed by atoms with Gasteiger partial charge in [-0.1, -0.05) is 0 Å². The summed E-state index contributed by atoms with van der Waals surface area (Å²) in [5.74, 6) is -0.864. The molecule has 0 radical (unpaired) electrons. The van der Waals surface area contributed by atoms with E-state index in [9.17, 15) is 4.79 Å². The number of nitrogens with two attached hydrogens (primary N) is 1. The first-order chi connectivity index (χ1) is 5.07. The number of nitrogens with one attached hydrogen (secondary N) is 1. The smallest absolute Gasteiger partial charge is 0.326 e. The highest BCUT2D eigenvalue weighted by atomic mass is 32.1. The molecule has 0 aliphatic carbocycles. The summed E-state index contributed by atoms with van der Waals surface area (Å²) < 4.78 is 6.75. The van der Waals surface area contributed by atoms with Crippen LogP contribution in [0.3, 0.4) is 0 Å². The number of carboxylic acids is 1. The first-order valence-electron chi connectivity index (χ1n) is 3.10. The molecule has 0 aromatic rings. The van der Waals surface area contributed by atoms with Crippen molar-refractivity contribution in [2.45, 2.75) is 6.04 Å². The Morgan fingerprint density at radius 3 is 3.00 bits per heavy atom. The van der Waals surface area contributed by atoms with Crippen LogP contribution in [-0.2, 0) is 4.79 Å². The fourth-order valence-electron chi connectivity index (χ4n) is 0.351. The molecule has 0 bridgehead atoms. The van der Waals surface area contributed by atoms with Gasteiger partial charge in [0.25, 0.3) is 0 Å². The zero-order valence-electron chi connectivity index (χ0n) is 6.24. The van der Waals surface area contributed by atoms with Crippen LogP contribution >= 0.6 is 12.6 Å². The van der Waals surface area contributed by atoms with E-state index in [0.29, 0.717) is 0 Å². The third-order valence-electron chi connectivity index (χ3n) is 0.849. The van der Waals surface area contributed by atoms with E-state index in [-0.39, 0.29) is 11.9 Å². The third kappa shape index (κ3) is 3.24. The Morgan fingerprint density at radius 2 is 2.70 bits per heavy atom. The number of hydrogen-bond acceptors (Lipinski definition) is 4. The van der Waals surface area contributed by atoms with Gasteiger partial charge in [0, 0.05) is 18.1 Å². The topological polar surface area (TPSA) is 75.3 Å². The number of hydrogen-bond donors (Lipinski definition) is 4. The van der Waals surface area contributed by atoms with Crippen LogP contribution in [0.25, 0.3) is 0 Å². The lowest BCUT2D eigenvalue weighted by atomic mass is 10.3. The first-order valence-corrected chi connectivity index (χ1v) is 3.23. The maximum absolute atomic E-state index is 10.3. The molecule has 1 atom stereocenters. The average Bonchev–Trinajstić information content (AvgIpc) is 1.87. The molecular weight excluding hydrogens is 152 g/mol. The lowest BCUT2D eigenvalue weighted by molar-refractivity contribution is -0.138. The Morgan fingerprint density at radius 1 is 2.10 bits per heavy atom. The van der Waals surface area contributed by atoms with Gasteiger partial charge in [-0.3, -0.25) is 0 Å². The zero-order valence-corrected chi connectivity index (χ0v) is 6.14. The minimum Gasteiger partial charge on any atom is -0.480 e. The van der Waals surface area contributed by atoms with E-state index in [1.165, 1.54) is 0 Å². The highest BCUT2D eigenvalue weighted by molar-refractivity contribution is 7.80. The molecular formula is C5H10N2O2S. The van der Waals surface area contributed by atoms with Crippen LogP contribution in [0, 0.1) is 0 Å². The molecule has 0 aliphatic heterocycles. The monoisotopic (exact) mass is 163 g/mol. The first kappa shape index (κ1) is 7.27. The van der Waals surface area contributed by atoms with E-state index in [1.54, 1.807) is 0 Å². The SMILES string of the molecule is [2H]C(N)=CN[C@H](CS)C(=O)O. The molecule has 0 aliphatic rings. The molecule has 10 heavy (non-hydrogen) atoms. The van der Waals surface area contributed by atoms with Crippen LogP contribution in [0.4, 0.5) is 0 Å². The van der Waals surface area contributed by atoms with Gasteiger partial charge in [0.2, 0.25) is 0 Å². The lowest BCUT2D eigenvalue weighted by Crippen LogP contribution is -2.34. The van der Waals surface area contributed by atoms with Crippen molar-refractivity contribution in [1.82, 2.24) is 5.32 Å². The molecule has 0 saturated heterocycles. The van der Waals surface area contributed by atoms with E-state index in [4.69, 9.17) is 12.2 Å². The van der Waals surface area contributed by atoms with Crippen LogP contribution in [-0.4, -0.2) is 22.9 Å². The second kappa shape index (κ2) is 4.99. The van der Waals surface area contributed by atoms with E-state index < -0.39 is 12.0 Å². The Balaban J connectivity index is 3.89. The number of thiol groups is 1. The highest BCUT2D eigenvalue weighted by Crippen LogP contribution is 1.86. The summed E-state index contributed by atoms with van der Waals surface area (Å²) in [7, 11) is 0. The van der Waals surface area contributed by atoms with E-state index in [2.05, 4.69) is 17.9 Å². The predicted molar refractivity (Wildman–Crippen MR) is 41.7 cm³/mol. The van der Waals surface area contributed by atoms with Crippen molar-refractivity contribution in [2.75, 3.05) is 5.75 Å². The zero-order chi connectivity index (χ0) is 8.85. The second-order valence-electron chi connectivity index (χ2n) is 1.55. The summed E-state index contributed by atoms with van der Waals surface area (Å²) in [6.45, 7) is 0. The lowest BCUT2D eigenvalue weighted by Gasteiger charge is -2.07. The molecule has 0 spiro atoms. The van der Waals surface area contributed by atoms with E-state index in [1.807, 2.05) is 0 Å². The minimum absolute atomic E-state index is 0.152. The molecule has 58 valence electrons. The van der Waals surface area contributed by atoms with Gasteiger partial charge in [-0.2, -0.15) is 12.6 Å². The van der Waals surface area contributed by atoms with Crippen LogP contribution in [0.5, 0.6) is 0 Å².